The fraction of sp³-hybridized carbons (Fsp3) is 0.500. The number of aromatic nitrogens is 2. The Morgan fingerprint density at radius 3 is 2.80 bits per heavy atom. The van der Waals surface area contributed by atoms with Gasteiger partial charge in [0.05, 0.1) is 11.4 Å². The predicted molar refractivity (Wildman–Crippen MR) is 38.2 cm³/mol. The molecule has 0 atom stereocenters. The standard InChI is InChI=1S/C6H9N3O/c1-3-5-6(9-10)4(2)7-8-5/h3H2,1-2H3,(H,7,8). The molecule has 4 nitrogen and oxygen atoms in total. The molecule has 10 heavy (non-hydrogen) atoms. The predicted octanol–water partition coefficient (Wildman–Crippen LogP) is 1.68. The van der Waals surface area contributed by atoms with Crippen molar-refractivity contribution in [2.24, 2.45) is 5.18 Å². The van der Waals surface area contributed by atoms with Gasteiger partial charge in [-0.15, -0.1) is 4.91 Å². The Labute approximate surface area is 58.6 Å². The molecule has 0 aliphatic carbocycles. The molecule has 0 unspecified atom stereocenters. The minimum atomic E-state index is 0.461. The van der Waals surface area contributed by atoms with E-state index in [4.69, 9.17) is 0 Å². The van der Waals surface area contributed by atoms with E-state index in [1.165, 1.54) is 0 Å². The molecule has 0 aliphatic rings. The van der Waals surface area contributed by atoms with Gasteiger partial charge in [0.15, 0.2) is 5.69 Å². The lowest BCUT2D eigenvalue weighted by Crippen LogP contribution is -1.77. The summed E-state index contributed by atoms with van der Waals surface area (Å²) in [5.41, 5.74) is 1.95. The Hall–Kier alpha value is -1.19. The average Bonchev–Trinajstić information content (AvgIpc) is 2.30. The van der Waals surface area contributed by atoms with Crippen LogP contribution >= 0.6 is 0 Å². The number of nitrogens with zero attached hydrogens (tertiary/aromatic N) is 2. The van der Waals surface area contributed by atoms with Crippen LogP contribution in [0.25, 0.3) is 0 Å². The van der Waals surface area contributed by atoms with Crippen molar-refractivity contribution >= 4 is 5.69 Å². The van der Waals surface area contributed by atoms with Gasteiger partial charge in [-0.25, -0.2) is 0 Å². The molecule has 1 aromatic heterocycles. The summed E-state index contributed by atoms with van der Waals surface area (Å²) in [7, 11) is 0. The zero-order valence-electron chi connectivity index (χ0n) is 6.01. The summed E-state index contributed by atoms with van der Waals surface area (Å²) in [5.74, 6) is 0. The van der Waals surface area contributed by atoms with Gasteiger partial charge >= 0.3 is 0 Å². The number of aryl methyl sites for hydroxylation is 2. The lowest BCUT2D eigenvalue weighted by molar-refractivity contribution is 0.962. The van der Waals surface area contributed by atoms with Gasteiger partial charge in [0, 0.05) is 0 Å². The van der Waals surface area contributed by atoms with Crippen LogP contribution in [0.5, 0.6) is 0 Å². The van der Waals surface area contributed by atoms with Crippen LogP contribution in [0.4, 0.5) is 5.69 Å². The Balaban J connectivity index is 3.12. The van der Waals surface area contributed by atoms with Crippen molar-refractivity contribution in [2.75, 3.05) is 0 Å². The molecule has 0 amide bonds. The third-order valence-corrected chi connectivity index (χ3v) is 1.41. The van der Waals surface area contributed by atoms with Gasteiger partial charge in [-0.2, -0.15) is 5.10 Å². The highest BCUT2D eigenvalue weighted by atomic mass is 16.3. The third kappa shape index (κ3) is 0.920. The smallest absolute Gasteiger partial charge is 0.151 e. The summed E-state index contributed by atoms with van der Waals surface area (Å²) in [4.78, 5) is 10.2. The number of hydrogen-bond acceptors (Lipinski definition) is 3. The molecule has 1 rings (SSSR count). The van der Waals surface area contributed by atoms with E-state index in [9.17, 15) is 4.91 Å². The van der Waals surface area contributed by atoms with E-state index < -0.39 is 0 Å². The quantitative estimate of drug-likeness (QED) is 0.633. The third-order valence-electron chi connectivity index (χ3n) is 1.41. The molecule has 0 saturated heterocycles. The Morgan fingerprint density at radius 1 is 1.70 bits per heavy atom. The van der Waals surface area contributed by atoms with Crippen molar-refractivity contribution < 1.29 is 0 Å². The van der Waals surface area contributed by atoms with Gasteiger partial charge in [-0.05, 0) is 18.5 Å². The van der Waals surface area contributed by atoms with E-state index in [0.29, 0.717) is 5.69 Å². The monoisotopic (exact) mass is 139 g/mol. The number of aromatic amines is 1. The Kier molecular flexibility index (Phi) is 1.80. The molecule has 1 heterocycles. The van der Waals surface area contributed by atoms with Crippen molar-refractivity contribution in [3.8, 4) is 0 Å². The maximum absolute atomic E-state index is 10.2. The van der Waals surface area contributed by atoms with Crippen LogP contribution in [0.1, 0.15) is 18.3 Å². The minimum absolute atomic E-state index is 0.461. The Bertz CT molecular complexity index is 241. The number of H-pyrrole nitrogens is 1. The molecular formula is C6H9N3O. The van der Waals surface area contributed by atoms with Crippen molar-refractivity contribution in [1.29, 1.82) is 0 Å². The van der Waals surface area contributed by atoms with E-state index >= 15 is 0 Å². The van der Waals surface area contributed by atoms with Crippen LogP contribution < -0.4 is 0 Å². The van der Waals surface area contributed by atoms with Gasteiger partial charge in [-0.3, -0.25) is 5.10 Å². The first kappa shape index (κ1) is 6.92. The second kappa shape index (κ2) is 2.60. The normalized spacial score (nSPS) is 9.80. The fourth-order valence-electron chi connectivity index (χ4n) is 0.841. The number of nitroso groups, excluding NO2 is 1. The van der Waals surface area contributed by atoms with Crippen LogP contribution in [0.15, 0.2) is 5.18 Å². The first-order valence-corrected chi connectivity index (χ1v) is 3.16. The van der Waals surface area contributed by atoms with Gasteiger partial charge < -0.3 is 0 Å². The lowest BCUT2D eigenvalue weighted by Gasteiger charge is -1.85. The fourth-order valence-corrected chi connectivity index (χ4v) is 0.841. The minimum Gasteiger partial charge on any atom is -0.280 e. The molecule has 0 bridgehead atoms. The molecule has 4 heteroatoms. The Morgan fingerprint density at radius 2 is 2.40 bits per heavy atom. The summed E-state index contributed by atoms with van der Waals surface area (Å²) in [6.07, 6.45) is 0.741. The van der Waals surface area contributed by atoms with Crippen LogP contribution in [-0.2, 0) is 6.42 Å². The van der Waals surface area contributed by atoms with Gasteiger partial charge in [0.2, 0.25) is 0 Å². The lowest BCUT2D eigenvalue weighted by atomic mass is 10.2. The second-order valence-electron chi connectivity index (χ2n) is 2.09. The first-order chi connectivity index (χ1) is 4.79. The summed E-state index contributed by atoms with van der Waals surface area (Å²) >= 11 is 0. The molecule has 0 fully saturated rings. The molecule has 0 aliphatic heterocycles. The van der Waals surface area contributed by atoms with E-state index in [2.05, 4.69) is 15.4 Å². The summed E-state index contributed by atoms with van der Waals surface area (Å²) < 4.78 is 0. The van der Waals surface area contributed by atoms with Crippen LogP contribution in [0.3, 0.4) is 0 Å². The first-order valence-electron chi connectivity index (χ1n) is 3.16. The van der Waals surface area contributed by atoms with E-state index in [0.717, 1.165) is 17.8 Å². The molecule has 1 aromatic rings. The largest absolute Gasteiger partial charge is 0.280 e. The molecule has 54 valence electrons. The number of hydrogen-bond donors (Lipinski definition) is 1. The second-order valence-corrected chi connectivity index (χ2v) is 2.09. The summed E-state index contributed by atoms with van der Waals surface area (Å²) in [6, 6.07) is 0. The molecule has 0 saturated carbocycles. The van der Waals surface area contributed by atoms with Gasteiger partial charge in [-0.1, -0.05) is 6.92 Å². The number of rotatable bonds is 2. The van der Waals surface area contributed by atoms with Crippen molar-refractivity contribution in [3.05, 3.63) is 16.3 Å². The van der Waals surface area contributed by atoms with E-state index in [-0.39, 0.29) is 0 Å². The maximum atomic E-state index is 10.2. The van der Waals surface area contributed by atoms with Crippen LogP contribution in [0.2, 0.25) is 0 Å². The van der Waals surface area contributed by atoms with Crippen molar-refractivity contribution in [1.82, 2.24) is 10.2 Å². The molecular weight excluding hydrogens is 130 g/mol. The zero-order chi connectivity index (χ0) is 7.56. The SMILES string of the molecule is CCc1n[nH]c(C)c1N=O. The van der Waals surface area contributed by atoms with Gasteiger partial charge in [0.1, 0.15) is 0 Å². The molecule has 0 spiro atoms. The topological polar surface area (TPSA) is 58.1 Å². The zero-order valence-corrected chi connectivity index (χ0v) is 6.01. The average molecular weight is 139 g/mol. The highest BCUT2D eigenvalue weighted by molar-refractivity contribution is 5.45. The molecule has 0 radical (unpaired) electrons. The summed E-state index contributed by atoms with van der Waals surface area (Å²) in [6.45, 7) is 3.72. The maximum Gasteiger partial charge on any atom is 0.151 e. The highest BCUT2D eigenvalue weighted by Gasteiger charge is 2.07. The molecule has 0 aromatic carbocycles. The highest BCUT2D eigenvalue weighted by Crippen LogP contribution is 2.20. The van der Waals surface area contributed by atoms with E-state index in [1.54, 1.807) is 6.92 Å². The van der Waals surface area contributed by atoms with Crippen LogP contribution in [-0.4, -0.2) is 10.2 Å². The van der Waals surface area contributed by atoms with Crippen LogP contribution in [0, 0.1) is 11.8 Å². The number of nitrogens with one attached hydrogen (secondary N) is 1. The van der Waals surface area contributed by atoms with Crippen molar-refractivity contribution in [2.45, 2.75) is 20.3 Å². The summed E-state index contributed by atoms with van der Waals surface area (Å²) in [5, 5.41) is 9.44. The van der Waals surface area contributed by atoms with Crippen molar-refractivity contribution in [3.63, 3.8) is 0 Å². The molecule has 1 N–H and O–H groups in total. The van der Waals surface area contributed by atoms with E-state index in [1.807, 2.05) is 6.92 Å². The van der Waals surface area contributed by atoms with Gasteiger partial charge in [0.25, 0.3) is 0 Å².